The summed E-state index contributed by atoms with van der Waals surface area (Å²) < 4.78 is 11.3. The van der Waals surface area contributed by atoms with Crippen LogP contribution in [-0.2, 0) is 5.11 Å². The van der Waals surface area contributed by atoms with E-state index in [4.69, 9.17) is 0 Å². The number of amides is 1. The largest absolute Gasteiger partial charge is 0.481 e. The second kappa shape index (κ2) is 2.63. The highest BCUT2D eigenvalue weighted by Crippen LogP contribution is 1.90. The van der Waals surface area contributed by atoms with Gasteiger partial charge in [0, 0.05) is 0 Å². The van der Waals surface area contributed by atoms with Crippen LogP contribution < -0.4 is 0 Å². The minimum atomic E-state index is -1.92. The third-order valence-electron chi connectivity index (χ3n) is 0.303. The van der Waals surface area contributed by atoms with E-state index in [1.807, 2.05) is 0 Å². The Hall–Kier alpha value is -0.510. The molecule has 0 unspecified atom stereocenters. The molecular formula is C2H2ClFNO2. The molecule has 1 amide bonds. The Morgan fingerprint density at radius 2 is 2.29 bits per heavy atom. The van der Waals surface area contributed by atoms with Crippen molar-refractivity contribution in [3.05, 3.63) is 0 Å². The fraction of sp³-hybridized carbons (Fsp3) is 0.500. The van der Waals surface area contributed by atoms with Crippen molar-refractivity contribution >= 4 is 17.7 Å². The average Bonchev–Trinajstić information content (AvgIpc) is 1.65. The van der Waals surface area contributed by atoms with E-state index < -0.39 is 17.2 Å². The second-order valence-corrected chi connectivity index (χ2v) is 0.987. The molecule has 0 aromatic rings. The molecule has 0 aliphatic rings. The van der Waals surface area contributed by atoms with E-state index in [1.54, 1.807) is 0 Å². The van der Waals surface area contributed by atoms with Gasteiger partial charge in [0.1, 0.15) is 6.00 Å². The van der Waals surface area contributed by atoms with Gasteiger partial charge in [-0.25, -0.2) is 9.90 Å². The van der Waals surface area contributed by atoms with Crippen LogP contribution in [-0.4, -0.2) is 17.2 Å². The Morgan fingerprint density at radius 3 is 2.29 bits per heavy atom. The number of nitrogens with zero attached hydrogens (tertiary/aromatic N) is 1. The number of halogens is 2. The average molecular weight is 126 g/mol. The molecule has 0 spiro atoms. The van der Waals surface area contributed by atoms with E-state index in [2.05, 4.69) is 11.6 Å². The molecule has 0 bridgehead atoms. The van der Waals surface area contributed by atoms with Crippen LogP contribution in [0.15, 0.2) is 0 Å². The maximum atomic E-state index is 11.3. The fourth-order valence-electron chi connectivity index (χ4n) is 0.0488. The zero-order valence-electron chi connectivity index (χ0n) is 3.23. The van der Waals surface area contributed by atoms with E-state index in [0.717, 1.165) is 0 Å². The van der Waals surface area contributed by atoms with E-state index >= 15 is 0 Å². The first-order valence-corrected chi connectivity index (χ1v) is 1.92. The number of carbonyl (C=O) groups excluding carboxylic acids is 1. The van der Waals surface area contributed by atoms with Crippen LogP contribution in [0.2, 0.25) is 0 Å². The molecule has 1 radical (unpaired) electrons. The van der Waals surface area contributed by atoms with Gasteiger partial charge in [-0.1, -0.05) is 16.1 Å². The lowest BCUT2D eigenvalue weighted by Gasteiger charge is -1.95. The van der Waals surface area contributed by atoms with Crippen molar-refractivity contribution in [3.8, 4) is 0 Å². The van der Waals surface area contributed by atoms with Crippen LogP contribution in [0.3, 0.4) is 0 Å². The van der Waals surface area contributed by atoms with Gasteiger partial charge < -0.3 is 0 Å². The third kappa shape index (κ3) is 2.22. The molecule has 0 aromatic carbocycles. The standard InChI is InChI=1S/C2H2ClFNO2/c3-1-5(4)2(6)7/h1H2. The summed E-state index contributed by atoms with van der Waals surface area (Å²) in [6.07, 6.45) is -1.92. The van der Waals surface area contributed by atoms with E-state index in [0.29, 0.717) is 0 Å². The minimum absolute atomic E-state index is 0.637. The monoisotopic (exact) mass is 126 g/mol. The lowest BCUT2D eigenvalue weighted by Crippen LogP contribution is -2.16. The van der Waals surface area contributed by atoms with Gasteiger partial charge in [-0.2, -0.15) is 0 Å². The molecule has 3 nitrogen and oxygen atoms in total. The van der Waals surface area contributed by atoms with Crippen LogP contribution in [0.4, 0.5) is 9.28 Å². The summed E-state index contributed by atoms with van der Waals surface area (Å²) in [4.78, 5) is 9.29. The normalized spacial score (nSPS) is 8.29. The summed E-state index contributed by atoms with van der Waals surface area (Å²) in [5.74, 6) is 0. The number of alkyl halides is 1. The van der Waals surface area contributed by atoms with E-state index in [9.17, 15) is 14.4 Å². The highest BCUT2D eigenvalue weighted by molar-refractivity contribution is 6.18. The molecule has 0 aromatic heterocycles. The summed E-state index contributed by atoms with van der Waals surface area (Å²) >= 11 is 4.68. The Bertz CT molecular complexity index is 78.1. The predicted molar refractivity (Wildman–Crippen MR) is 19.7 cm³/mol. The lowest BCUT2D eigenvalue weighted by molar-refractivity contribution is 0.0318. The number of rotatable bonds is 1. The Kier molecular flexibility index (Phi) is 2.44. The zero-order chi connectivity index (χ0) is 5.86. The molecule has 0 N–H and O–H groups in total. The molecule has 7 heavy (non-hydrogen) atoms. The zero-order valence-corrected chi connectivity index (χ0v) is 3.98. The summed E-state index contributed by atoms with van der Waals surface area (Å²) in [6.45, 7) is 0. The van der Waals surface area contributed by atoms with Crippen molar-refractivity contribution in [2.45, 2.75) is 0 Å². The van der Waals surface area contributed by atoms with Gasteiger partial charge in [0.15, 0.2) is 0 Å². The van der Waals surface area contributed by atoms with Crippen molar-refractivity contribution < 1.29 is 14.4 Å². The molecule has 41 valence electrons. The van der Waals surface area contributed by atoms with Crippen molar-refractivity contribution in [1.82, 2.24) is 5.12 Å². The summed E-state index contributed by atoms with van der Waals surface area (Å²) in [5, 5.41) is 8.65. The fourth-order valence-corrected chi connectivity index (χ4v) is 0.146. The molecule has 0 aliphatic carbocycles. The van der Waals surface area contributed by atoms with Crippen LogP contribution in [0.25, 0.3) is 0 Å². The van der Waals surface area contributed by atoms with E-state index in [-0.39, 0.29) is 0 Å². The van der Waals surface area contributed by atoms with Crippen LogP contribution >= 0.6 is 11.6 Å². The molecule has 0 heterocycles. The Morgan fingerprint density at radius 1 is 1.86 bits per heavy atom. The van der Waals surface area contributed by atoms with E-state index in [1.165, 1.54) is 0 Å². The smallest absolute Gasteiger partial charge is 0.217 e. The SMILES string of the molecule is [O]C(=O)N(F)CCl. The molecule has 0 saturated carbocycles. The van der Waals surface area contributed by atoms with Gasteiger partial charge in [0.2, 0.25) is 0 Å². The first-order valence-electron chi connectivity index (χ1n) is 1.38. The molecule has 0 fully saturated rings. The van der Waals surface area contributed by atoms with Crippen molar-refractivity contribution in [2.24, 2.45) is 0 Å². The first-order chi connectivity index (χ1) is 3.18. The Balaban J connectivity index is 3.34. The minimum Gasteiger partial charge on any atom is -0.217 e. The third-order valence-corrected chi connectivity index (χ3v) is 0.513. The van der Waals surface area contributed by atoms with Crippen molar-refractivity contribution in [3.63, 3.8) is 0 Å². The van der Waals surface area contributed by atoms with Crippen LogP contribution in [0.1, 0.15) is 0 Å². The molecule has 0 saturated heterocycles. The number of hydrogen-bond donors (Lipinski definition) is 0. The Labute approximate surface area is 44.2 Å². The number of carbonyl (C=O) groups is 1. The maximum Gasteiger partial charge on any atom is 0.481 e. The summed E-state index contributed by atoms with van der Waals surface area (Å²) in [6, 6.07) is -0.706. The highest BCUT2D eigenvalue weighted by Gasteiger charge is 2.08. The van der Waals surface area contributed by atoms with Gasteiger partial charge in [0.05, 0.1) is 0 Å². The summed E-state index contributed by atoms with van der Waals surface area (Å²) in [7, 11) is 0. The quantitative estimate of drug-likeness (QED) is 0.293. The number of hydrogen-bond acceptors (Lipinski definition) is 1. The topological polar surface area (TPSA) is 40.2 Å². The first kappa shape index (κ1) is 6.49. The molecular weight excluding hydrogens is 124 g/mol. The predicted octanol–water partition coefficient (Wildman–Crippen LogP) is 0.920. The van der Waals surface area contributed by atoms with Crippen molar-refractivity contribution in [1.29, 1.82) is 0 Å². The maximum absolute atomic E-state index is 11.3. The van der Waals surface area contributed by atoms with Gasteiger partial charge in [-0.3, -0.25) is 0 Å². The molecule has 0 rings (SSSR count). The second-order valence-electron chi connectivity index (χ2n) is 0.748. The van der Waals surface area contributed by atoms with Gasteiger partial charge >= 0.3 is 6.09 Å². The molecule has 0 aliphatic heterocycles. The van der Waals surface area contributed by atoms with Crippen molar-refractivity contribution in [2.75, 3.05) is 6.00 Å². The summed E-state index contributed by atoms with van der Waals surface area (Å²) in [5.41, 5.74) is 0. The van der Waals surface area contributed by atoms with Gasteiger partial charge in [0.25, 0.3) is 0 Å². The van der Waals surface area contributed by atoms with Crippen LogP contribution in [0.5, 0.6) is 0 Å². The van der Waals surface area contributed by atoms with Gasteiger partial charge in [-0.05, 0) is 0 Å². The highest BCUT2D eigenvalue weighted by atomic mass is 35.5. The molecule has 5 heteroatoms. The molecule has 0 atom stereocenters. The lowest BCUT2D eigenvalue weighted by atomic mass is 11.1. The van der Waals surface area contributed by atoms with Gasteiger partial charge in [-0.15, -0.1) is 5.12 Å². The van der Waals surface area contributed by atoms with Crippen LogP contribution in [0, 0.1) is 0 Å².